The molecule has 0 spiro atoms. The van der Waals surface area contributed by atoms with Crippen molar-refractivity contribution in [2.75, 3.05) is 40.4 Å². The maximum absolute atomic E-state index is 12.7. The summed E-state index contributed by atoms with van der Waals surface area (Å²) in [4.78, 5) is 17.0. The van der Waals surface area contributed by atoms with Crippen molar-refractivity contribution in [3.8, 4) is 17.2 Å². The standard InChI is InChI=1S/C21H32N2O4/c1-6-23(13-15(2)3)21(25)17-7-9-22(10-8-17)14-16-11-18(26-4)20(24)19(12-16)27-5/h11-12,17,24H,2,6-10,13-14H2,1,3-5H3. The fourth-order valence-corrected chi connectivity index (χ4v) is 3.56. The minimum absolute atomic E-state index is 0.0187. The number of nitrogens with zero attached hydrogens (tertiary/aromatic N) is 2. The summed E-state index contributed by atoms with van der Waals surface area (Å²) in [6.07, 6.45) is 1.72. The molecule has 1 saturated heterocycles. The third-order valence-corrected chi connectivity index (χ3v) is 5.04. The monoisotopic (exact) mass is 376 g/mol. The molecule has 1 aliphatic rings. The highest BCUT2D eigenvalue weighted by molar-refractivity contribution is 5.79. The van der Waals surface area contributed by atoms with Gasteiger partial charge in [-0.1, -0.05) is 12.2 Å². The van der Waals surface area contributed by atoms with E-state index in [9.17, 15) is 9.90 Å². The first kappa shape index (κ1) is 21.1. The number of aromatic hydroxyl groups is 1. The molecular formula is C21H32N2O4. The van der Waals surface area contributed by atoms with E-state index >= 15 is 0 Å². The number of ether oxygens (including phenoxy) is 2. The van der Waals surface area contributed by atoms with Crippen molar-refractivity contribution in [1.82, 2.24) is 9.80 Å². The van der Waals surface area contributed by atoms with Gasteiger partial charge in [-0.15, -0.1) is 0 Å². The first-order valence-electron chi connectivity index (χ1n) is 9.48. The van der Waals surface area contributed by atoms with Crippen LogP contribution in [0, 0.1) is 5.92 Å². The van der Waals surface area contributed by atoms with E-state index in [1.54, 1.807) is 0 Å². The van der Waals surface area contributed by atoms with Crippen LogP contribution in [0.2, 0.25) is 0 Å². The SMILES string of the molecule is C=C(C)CN(CC)C(=O)C1CCN(Cc2cc(OC)c(O)c(OC)c2)CC1. The van der Waals surface area contributed by atoms with E-state index in [1.165, 1.54) is 14.2 Å². The van der Waals surface area contributed by atoms with E-state index in [0.717, 1.165) is 50.2 Å². The molecule has 0 saturated carbocycles. The summed E-state index contributed by atoms with van der Waals surface area (Å²) < 4.78 is 10.5. The number of hydrogen-bond donors (Lipinski definition) is 1. The van der Waals surface area contributed by atoms with Crippen LogP contribution in [-0.2, 0) is 11.3 Å². The quantitative estimate of drug-likeness (QED) is 0.707. The summed E-state index contributed by atoms with van der Waals surface area (Å²) in [5, 5.41) is 10.0. The van der Waals surface area contributed by atoms with Gasteiger partial charge < -0.3 is 19.5 Å². The number of phenols is 1. The van der Waals surface area contributed by atoms with Crippen LogP contribution in [0.5, 0.6) is 17.2 Å². The third-order valence-electron chi connectivity index (χ3n) is 5.04. The number of methoxy groups -OCH3 is 2. The number of piperidine rings is 1. The number of benzene rings is 1. The molecule has 1 N–H and O–H groups in total. The average Bonchev–Trinajstić information content (AvgIpc) is 2.67. The maximum Gasteiger partial charge on any atom is 0.226 e. The predicted molar refractivity (Wildman–Crippen MR) is 106 cm³/mol. The molecular weight excluding hydrogens is 344 g/mol. The van der Waals surface area contributed by atoms with Crippen LogP contribution in [0.3, 0.4) is 0 Å². The molecule has 0 aliphatic carbocycles. The molecule has 1 aromatic rings. The lowest BCUT2D eigenvalue weighted by Gasteiger charge is -2.34. The maximum atomic E-state index is 12.7. The topological polar surface area (TPSA) is 62.2 Å². The molecule has 1 aliphatic heterocycles. The predicted octanol–water partition coefficient (Wildman–Crippen LogP) is 3.05. The zero-order valence-electron chi connectivity index (χ0n) is 17.0. The molecule has 150 valence electrons. The highest BCUT2D eigenvalue weighted by Gasteiger charge is 2.28. The summed E-state index contributed by atoms with van der Waals surface area (Å²) in [7, 11) is 3.06. The Hall–Kier alpha value is -2.21. The number of hydrogen-bond acceptors (Lipinski definition) is 5. The lowest BCUT2D eigenvalue weighted by atomic mass is 9.94. The Morgan fingerprint density at radius 2 is 1.81 bits per heavy atom. The van der Waals surface area contributed by atoms with Crippen molar-refractivity contribution in [3.05, 3.63) is 29.8 Å². The number of likely N-dealkylation sites (tertiary alicyclic amines) is 1. The highest BCUT2D eigenvalue weighted by atomic mass is 16.5. The van der Waals surface area contributed by atoms with Crippen LogP contribution in [0.4, 0.5) is 0 Å². The molecule has 0 aromatic heterocycles. The van der Waals surface area contributed by atoms with Gasteiger partial charge in [-0.25, -0.2) is 0 Å². The van der Waals surface area contributed by atoms with E-state index in [0.29, 0.717) is 18.0 Å². The van der Waals surface area contributed by atoms with Crippen LogP contribution in [-0.4, -0.2) is 61.2 Å². The molecule has 2 rings (SSSR count). The van der Waals surface area contributed by atoms with Crippen LogP contribution < -0.4 is 9.47 Å². The lowest BCUT2D eigenvalue weighted by molar-refractivity contribution is -0.136. The number of carbonyl (C=O) groups is 1. The largest absolute Gasteiger partial charge is 0.502 e. The van der Waals surface area contributed by atoms with E-state index in [4.69, 9.17) is 9.47 Å². The van der Waals surface area contributed by atoms with Crippen molar-refractivity contribution in [2.45, 2.75) is 33.2 Å². The molecule has 1 amide bonds. The van der Waals surface area contributed by atoms with E-state index in [-0.39, 0.29) is 17.6 Å². The van der Waals surface area contributed by atoms with Crippen molar-refractivity contribution >= 4 is 5.91 Å². The van der Waals surface area contributed by atoms with Gasteiger partial charge in [0, 0.05) is 25.6 Å². The number of rotatable bonds is 8. The normalized spacial score (nSPS) is 15.4. The third kappa shape index (κ3) is 5.39. The molecule has 1 fully saturated rings. The number of carbonyl (C=O) groups excluding carboxylic acids is 1. The van der Waals surface area contributed by atoms with Crippen LogP contribution >= 0.6 is 0 Å². The lowest BCUT2D eigenvalue weighted by Crippen LogP contribution is -2.42. The van der Waals surface area contributed by atoms with E-state index < -0.39 is 0 Å². The molecule has 0 atom stereocenters. The fourth-order valence-electron chi connectivity index (χ4n) is 3.56. The second-order valence-electron chi connectivity index (χ2n) is 7.21. The second kappa shape index (κ2) is 9.65. The zero-order valence-corrected chi connectivity index (χ0v) is 17.0. The summed E-state index contributed by atoms with van der Waals surface area (Å²) in [5.74, 6) is 1.17. The summed E-state index contributed by atoms with van der Waals surface area (Å²) >= 11 is 0. The molecule has 1 aromatic carbocycles. The first-order valence-corrected chi connectivity index (χ1v) is 9.48. The van der Waals surface area contributed by atoms with Crippen molar-refractivity contribution in [3.63, 3.8) is 0 Å². The second-order valence-corrected chi connectivity index (χ2v) is 7.21. The molecule has 27 heavy (non-hydrogen) atoms. The Morgan fingerprint density at radius 1 is 1.26 bits per heavy atom. The Morgan fingerprint density at radius 3 is 2.26 bits per heavy atom. The van der Waals surface area contributed by atoms with Crippen molar-refractivity contribution < 1.29 is 19.4 Å². The van der Waals surface area contributed by atoms with Gasteiger partial charge in [-0.2, -0.15) is 0 Å². The Bertz CT molecular complexity index is 641. The molecule has 0 bridgehead atoms. The molecule has 0 radical (unpaired) electrons. The number of phenolic OH excluding ortho intramolecular Hbond substituents is 1. The smallest absolute Gasteiger partial charge is 0.226 e. The van der Waals surface area contributed by atoms with E-state index in [2.05, 4.69) is 11.5 Å². The molecule has 6 heteroatoms. The van der Waals surface area contributed by atoms with E-state index in [1.807, 2.05) is 30.9 Å². The van der Waals surface area contributed by atoms with Gasteiger partial charge in [0.15, 0.2) is 11.5 Å². The van der Waals surface area contributed by atoms with Crippen LogP contribution in [0.15, 0.2) is 24.3 Å². The zero-order chi connectivity index (χ0) is 20.0. The minimum atomic E-state index is 0.0187. The fraction of sp³-hybridized carbons (Fsp3) is 0.571. The van der Waals surface area contributed by atoms with Crippen LogP contribution in [0.1, 0.15) is 32.3 Å². The summed E-state index contributed by atoms with van der Waals surface area (Å²) in [5.41, 5.74) is 2.03. The van der Waals surface area contributed by atoms with Crippen molar-refractivity contribution in [2.24, 2.45) is 5.92 Å². The van der Waals surface area contributed by atoms with Gasteiger partial charge in [0.25, 0.3) is 0 Å². The Kier molecular flexibility index (Phi) is 7.54. The minimum Gasteiger partial charge on any atom is -0.502 e. The van der Waals surface area contributed by atoms with Gasteiger partial charge in [-0.3, -0.25) is 9.69 Å². The van der Waals surface area contributed by atoms with Gasteiger partial charge in [0.2, 0.25) is 11.7 Å². The van der Waals surface area contributed by atoms with Gasteiger partial charge in [0.05, 0.1) is 14.2 Å². The summed E-state index contributed by atoms with van der Waals surface area (Å²) in [6, 6.07) is 3.67. The Labute approximate surface area is 162 Å². The van der Waals surface area contributed by atoms with Crippen LogP contribution in [0.25, 0.3) is 0 Å². The molecule has 1 heterocycles. The first-order chi connectivity index (χ1) is 12.9. The van der Waals surface area contributed by atoms with Crippen molar-refractivity contribution in [1.29, 1.82) is 0 Å². The van der Waals surface area contributed by atoms with Gasteiger partial charge in [-0.05, 0) is 57.5 Å². The Balaban J connectivity index is 1.96. The number of likely N-dealkylation sites (N-methyl/N-ethyl adjacent to an activating group) is 1. The summed E-state index contributed by atoms with van der Waals surface area (Å²) in [6.45, 7) is 11.7. The highest BCUT2D eigenvalue weighted by Crippen LogP contribution is 2.37. The number of amides is 1. The average molecular weight is 376 g/mol. The van der Waals surface area contributed by atoms with Gasteiger partial charge in [0.1, 0.15) is 0 Å². The molecule has 6 nitrogen and oxygen atoms in total. The van der Waals surface area contributed by atoms with Gasteiger partial charge >= 0.3 is 0 Å². The molecule has 0 unspecified atom stereocenters.